The summed E-state index contributed by atoms with van der Waals surface area (Å²) >= 11 is 0. The number of nitrogens with zero attached hydrogens (tertiary/aromatic N) is 1. The van der Waals surface area contributed by atoms with Crippen molar-refractivity contribution in [1.29, 1.82) is 0 Å². The minimum absolute atomic E-state index is 0.0287. The molecule has 6 nitrogen and oxygen atoms in total. The summed E-state index contributed by atoms with van der Waals surface area (Å²) in [5, 5.41) is 3.92. The number of ether oxygens (including phenoxy) is 3. The number of hydrogen-bond acceptors (Lipinski definition) is 6. The molecule has 138 valence electrons. The van der Waals surface area contributed by atoms with Crippen LogP contribution < -0.4 is 9.47 Å². The van der Waals surface area contributed by atoms with Gasteiger partial charge in [0.1, 0.15) is 23.8 Å². The van der Waals surface area contributed by atoms with Gasteiger partial charge in [0, 0.05) is 23.8 Å². The largest absolute Gasteiger partial charge is 0.497 e. The molecule has 0 radical (unpaired) electrons. The molecule has 0 saturated carbocycles. The van der Waals surface area contributed by atoms with E-state index in [1.54, 1.807) is 44.6 Å². The fourth-order valence-electron chi connectivity index (χ4n) is 2.40. The van der Waals surface area contributed by atoms with Crippen LogP contribution in [0.15, 0.2) is 65.2 Å². The third-order valence-electron chi connectivity index (χ3n) is 3.77. The predicted octanol–water partition coefficient (Wildman–Crippen LogP) is 4.12. The maximum atomic E-state index is 11.9. The van der Waals surface area contributed by atoms with Crippen LogP contribution in [0.3, 0.4) is 0 Å². The zero-order valence-corrected chi connectivity index (χ0v) is 15.0. The third kappa shape index (κ3) is 4.98. The molecule has 0 amide bonds. The maximum Gasteiger partial charge on any atom is 0.331 e. The zero-order chi connectivity index (χ0) is 19.1. The summed E-state index contributed by atoms with van der Waals surface area (Å²) in [4.78, 5) is 11.9. The van der Waals surface area contributed by atoms with Crippen LogP contribution >= 0.6 is 0 Å². The average Bonchev–Trinajstić information content (AvgIpc) is 3.20. The average molecular weight is 365 g/mol. The standard InChI is InChI=1S/C21H19NO5/c1-24-18-10-15(11-19(13-18)25-2)8-9-21(23)26-14-17-12-20(27-22-17)16-6-4-3-5-7-16/h3-13H,14H2,1-2H3/b9-8+. The van der Waals surface area contributed by atoms with Crippen LogP contribution in [-0.4, -0.2) is 25.3 Å². The molecule has 1 heterocycles. The molecule has 3 aromatic rings. The molecule has 0 fully saturated rings. The number of benzene rings is 2. The van der Waals surface area contributed by atoms with E-state index in [9.17, 15) is 4.79 Å². The zero-order valence-electron chi connectivity index (χ0n) is 15.0. The van der Waals surface area contributed by atoms with Crippen LogP contribution in [-0.2, 0) is 16.1 Å². The van der Waals surface area contributed by atoms with Crippen LogP contribution in [0.1, 0.15) is 11.3 Å². The Bertz CT molecular complexity index is 909. The number of aromatic nitrogens is 1. The highest BCUT2D eigenvalue weighted by molar-refractivity contribution is 5.87. The fourth-order valence-corrected chi connectivity index (χ4v) is 2.40. The Labute approximate surface area is 157 Å². The smallest absolute Gasteiger partial charge is 0.331 e. The van der Waals surface area contributed by atoms with Crippen LogP contribution in [0.2, 0.25) is 0 Å². The third-order valence-corrected chi connectivity index (χ3v) is 3.77. The lowest BCUT2D eigenvalue weighted by Crippen LogP contribution is -2.00. The Morgan fingerprint density at radius 2 is 1.74 bits per heavy atom. The second-order valence-corrected chi connectivity index (χ2v) is 5.64. The van der Waals surface area contributed by atoms with Gasteiger partial charge in [-0.15, -0.1) is 0 Å². The molecule has 6 heteroatoms. The quantitative estimate of drug-likeness (QED) is 0.463. The SMILES string of the molecule is COc1cc(/C=C/C(=O)OCc2cc(-c3ccccc3)on2)cc(OC)c1. The first-order valence-corrected chi connectivity index (χ1v) is 8.27. The molecule has 0 N–H and O–H groups in total. The van der Waals surface area contributed by atoms with Crippen molar-refractivity contribution in [3.63, 3.8) is 0 Å². The lowest BCUT2D eigenvalue weighted by molar-refractivity contribution is -0.139. The molecule has 0 saturated heterocycles. The van der Waals surface area contributed by atoms with Gasteiger partial charge in [-0.1, -0.05) is 35.5 Å². The highest BCUT2D eigenvalue weighted by Crippen LogP contribution is 2.23. The summed E-state index contributed by atoms with van der Waals surface area (Å²) in [5.74, 6) is 1.42. The normalized spacial score (nSPS) is 10.7. The molecule has 1 aromatic heterocycles. The molecule has 0 unspecified atom stereocenters. The first-order valence-electron chi connectivity index (χ1n) is 8.27. The number of esters is 1. The summed E-state index contributed by atoms with van der Waals surface area (Å²) in [5.41, 5.74) is 2.21. The number of methoxy groups -OCH3 is 2. The Morgan fingerprint density at radius 1 is 1.04 bits per heavy atom. The molecule has 0 bridgehead atoms. The van der Waals surface area contributed by atoms with Gasteiger partial charge >= 0.3 is 5.97 Å². The van der Waals surface area contributed by atoms with Gasteiger partial charge in [-0.2, -0.15) is 0 Å². The van der Waals surface area contributed by atoms with E-state index < -0.39 is 5.97 Å². The monoisotopic (exact) mass is 365 g/mol. The second-order valence-electron chi connectivity index (χ2n) is 5.64. The van der Waals surface area contributed by atoms with Gasteiger partial charge in [0.2, 0.25) is 0 Å². The molecule has 0 aliphatic carbocycles. The number of carbonyl (C=O) groups excluding carboxylic acids is 1. The number of rotatable bonds is 7. The molecular formula is C21H19NO5. The fraction of sp³-hybridized carbons (Fsp3) is 0.143. The first-order chi connectivity index (χ1) is 13.2. The summed E-state index contributed by atoms with van der Waals surface area (Å²) < 4.78 is 20.9. The van der Waals surface area contributed by atoms with Gasteiger partial charge in [-0.25, -0.2) is 4.79 Å². The lowest BCUT2D eigenvalue weighted by atomic mass is 10.2. The minimum Gasteiger partial charge on any atom is -0.497 e. The molecular weight excluding hydrogens is 346 g/mol. The van der Waals surface area contributed by atoms with E-state index >= 15 is 0 Å². The topological polar surface area (TPSA) is 70.8 Å². The van der Waals surface area contributed by atoms with Gasteiger partial charge in [0.15, 0.2) is 5.76 Å². The van der Waals surface area contributed by atoms with Crippen molar-refractivity contribution in [2.75, 3.05) is 14.2 Å². The van der Waals surface area contributed by atoms with Crippen molar-refractivity contribution >= 4 is 12.0 Å². The van der Waals surface area contributed by atoms with Crippen molar-refractivity contribution in [2.45, 2.75) is 6.61 Å². The summed E-state index contributed by atoms with van der Waals surface area (Å²) in [6.45, 7) is 0.0287. The van der Waals surface area contributed by atoms with Crippen molar-refractivity contribution in [3.8, 4) is 22.8 Å². The predicted molar refractivity (Wildman–Crippen MR) is 100 cm³/mol. The highest BCUT2D eigenvalue weighted by Gasteiger charge is 2.08. The highest BCUT2D eigenvalue weighted by atomic mass is 16.5. The van der Waals surface area contributed by atoms with E-state index in [0.717, 1.165) is 11.1 Å². The van der Waals surface area contributed by atoms with Crippen molar-refractivity contribution in [2.24, 2.45) is 0 Å². The van der Waals surface area contributed by atoms with E-state index in [4.69, 9.17) is 18.7 Å². The van der Waals surface area contributed by atoms with Gasteiger partial charge in [-0.05, 0) is 23.8 Å². The summed E-state index contributed by atoms with van der Waals surface area (Å²) in [6, 6.07) is 16.7. The van der Waals surface area contributed by atoms with Gasteiger partial charge in [0.25, 0.3) is 0 Å². The Kier molecular flexibility index (Phi) is 5.89. The summed E-state index contributed by atoms with van der Waals surface area (Å²) in [6.07, 6.45) is 2.97. The van der Waals surface area contributed by atoms with E-state index in [1.165, 1.54) is 6.08 Å². The Morgan fingerprint density at radius 3 is 2.41 bits per heavy atom. The Hall–Kier alpha value is -3.54. The Balaban J connectivity index is 1.59. The molecule has 0 spiro atoms. The minimum atomic E-state index is -0.485. The van der Waals surface area contributed by atoms with E-state index in [0.29, 0.717) is 23.0 Å². The molecule has 0 aliphatic rings. The van der Waals surface area contributed by atoms with Gasteiger partial charge in [0.05, 0.1) is 14.2 Å². The van der Waals surface area contributed by atoms with E-state index in [1.807, 2.05) is 30.3 Å². The molecule has 3 rings (SSSR count). The number of hydrogen-bond donors (Lipinski definition) is 0. The van der Waals surface area contributed by atoms with E-state index in [2.05, 4.69) is 5.16 Å². The first kappa shape index (κ1) is 18.3. The van der Waals surface area contributed by atoms with Crippen molar-refractivity contribution < 1.29 is 23.5 Å². The van der Waals surface area contributed by atoms with Gasteiger partial charge < -0.3 is 18.7 Å². The molecule has 2 aromatic carbocycles. The molecule has 27 heavy (non-hydrogen) atoms. The van der Waals surface area contributed by atoms with Crippen molar-refractivity contribution in [1.82, 2.24) is 5.16 Å². The van der Waals surface area contributed by atoms with Crippen LogP contribution in [0.5, 0.6) is 11.5 Å². The van der Waals surface area contributed by atoms with Crippen LogP contribution in [0, 0.1) is 0 Å². The number of carbonyl (C=O) groups is 1. The molecule has 0 atom stereocenters. The second kappa shape index (κ2) is 8.71. The van der Waals surface area contributed by atoms with Crippen LogP contribution in [0.4, 0.5) is 0 Å². The van der Waals surface area contributed by atoms with Gasteiger partial charge in [-0.3, -0.25) is 0 Å². The summed E-state index contributed by atoms with van der Waals surface area (Å²) in [7, 11) is 3.14. The maximum absolute atomic E-state index is 11.9. The van der Waals surface area contributed by atoms with E-state index in [-0.39, 0.29) is 6.61 Å². The molecule has 0 aliphatic heterocycles. The lowest BCUT2D eigenvalue weighted by Gasteiger charge is -2.05. The van der Waals surface area contributed by atoms with Crippen LogP contribution in [0.25, 0.3) is 17.4 Å². The van der Waals surface area contributed by atoms with Crippen molar-refractivity contribution in [3.05, 3.63) is 71.9 Å².